The molecule has 0 fully saturated rings. The summed E-state index contributed by atoms with van der Waals surface area (Å²) in [5.41, 5.74) is 4.41. The van der Waals surface area contributed by atoms with E-state index in [0.29, 0.717) is 0 Å². The van der Waals surface area contributed by atoms with E-state index in [4.69, 9.17) is 0 Å². The lowest BCUT2D eigenvalue weighted by Gasteiger charge is -2.28. The molecular formula is C22H25FN4O. The molecule has 0 aliphatic rings. The first kappa shape index (κ1) is 19.8. The van der Waals surface area contributed by atoms with Crippen LogP contribution in [0.2, 0.25) is 0 Å². The van der Waals surface area contributed by atoms with Gasteiger partial charge < -0.3 is 5.32 Å². The summed E-state index contributed by atoms with van der Waals surface area (Å²) in [6.45, 7) is 3.98. The summed E-state index contributed by atoms with van der Waals surface area (Å²) in [6.07, 6.45) is 0. The van der Waals surface area contributed by atoms with Gasteiger partial charge in [0.1, 0.15) is 5.82 Å². The molecule has 0 saturated heterocycles. The number of likely N-dealkylation sites (N-methyl/N-ethyl adjacent to an activating group) is 1. The van der Waals surface area contributed by atoms with Gasteiger partial charge in [0.05, 0.1) is 29.7 Å². The van der Waals surface area contributed by atoms with Crippen LogP contribution in [-0.2, 0) is 11.8 Å². The normalized spacial score (nSPS) is 12.2. The molecule has 2 aromatic carbocycles. The number of hydrogen-bond donors (Lipinski definition) is 1. The van der Waals surface area contributed by atoms with Crippen molar-refractivity contribution in [2.24, 2.45) is 7.05 Å². The van der Waals surface area contributed by atoms with Crippen LogP contribution < -0.4 is 5.32 Å². The van der Waals surface area contributed by atoms with Gasteiger partial charge in [0, 0.05) is 7.05 Å². The van der Waals surface area contributed by atoms with Gasteiger partial charge in [-0.15, -0.1) is 0 Å². The zero-order valence-corrected chi connectivity index (χ0v) is 16.6. The highest BCUT2D eigenvalue weighted by atomic mass is 19.1. The van der Waals surface area contributed by atoms with Gasteiger partial charge >= 0.3 is 0 Å². The second-order valence-corrected chi connectivity index (χ2v) is 7.00. The molecule has 1 amide bonds. The van der Waals surface area contributed by atoms with Crippen LogP contribution in [0.25, 0.3) is 0 Å². The summed E-state index contributed by atoms with van der Waals surface area (Å²) in [4.78, 5) is 14.7. The van der Waals surface area contributed by atoms with E-state index in [-0.39, 0.29) is 24.3 Å². The molecule has 146 valence electrons. The van der Waals surface area contributed by atoms with Crippen molar-refractivity contribution in [3.63, 3.8) is 0 Å². The highest BCUT2D eigenvalue weighted by molar-refractivity contribution is 5.93. The molecule has 3 aromatic rings. The lowest BCUT2D eigenvalue weighted by Crippen LogP contribution is -2.34. The van der Waals surface area contributed by atoms with Crippen molar-refractivity contribution in [2.75, 3.05) is 18.9 Å². The predicted octanol–water partition coefficient (Wildman–Crippen LogP) is 3.84. The Balaban J connectivity index is 1.82. The van der Waals surface area contributed by atoms with Crippen LogP contribution in [0.3, 0.4) is 0 Å². The minimum atomic E-state index is -0.279. The number of rotatable bonds is 6. The van der Waals surface area contributed by atoms with Crippen LogP contribution in [0.5, 0.6) is 0 Å². The van der Waals surface area contributed by atoms with Crippen molar-refractivity contribution in [2.45, 2.75) is 19.9 Å². The van der Waals surface area contributed by atoms with Gasteiger partial charge in [-0.3, -0.25) is 14.4 Å². The Hall–Kier alpha value is -2.99. The third-order valence-corrected chi connectivity index (χ3v) is 4.91. The van der Waals surface area contributed by atoms with Gasteiger partial charge in [-0.25, -0.2) is 4.39 Å². The zero-order valence-electron chi connectivity index (χ0n) is 16.6. The summed E-state index contributed by atoms with van der Waals surface area (Å²) in [5.74, 6) is -0.400. The van der Waals surface area contributed by atoms with Gasteiger partial charge in [-0.1, -0.05) is 42.5 Å². The molecule has 6 heteroatoms. The SMILES string of the molecule is Cc1nn(C)c(C)c1NC(=O)CN(C)C(c1ccccc1)c1ccc(F)cc1. The first-order valence-electron chi connectivity index (χ1n) is 9.17. The Morgan fingerprint density at radius 1 is 1.11 bits per heavy atom. The summed E-state index contributed by atoms with van der Waals surface area (Å²) < 4.78 is 15.1. The third kappa shape index (κ3) is 4.28. The van der Waals surface area contributed by atoms with Crippen molar-refractivity contribution in [1.82, 2.24) is 14.7 Å². The average Bonchev–Trinajstić information content (AvgIpc) is 2.90. The molecule has 0 aliphatic carbocycles. The molecule has 28 heavy (non-hydrogen) atoms. The molecule has 1 atom stereocenters. The molecule has 0 bridgehead atoms. The van der Waals surface area contributed by atoms with Gasteiger partial charge in [0.25, 0.3) is 0 Å². The van der Waals surface area contributed by atoms with Crippen LogP contribution in [0.4, 0.5) is 10.1 Å². The maximum absolute atomic E-state index is 13.4. The maximum atomic E-state index is 13.4. The molecule has 0 saturated carbocycles. The maximum Gasteiger partial charge on any atom is 0.238 e. The zero-order chi connectivity index (χ0) is 20.3. The van der Waals surface area contributed by atoms with E-state index in [1.165, 1.54) is 12.1 Å². The van der Waals surface area contributed by atoms with E-state index in [1.807, 2.05) is 63.2 Å². The number of anilines is 1. The van der Waals surface area contributed by atoms with E-state index >= 15 is 0 Å². The summed E-state index contributed by atoms with van der Waals surface area (Å²) in [5, 5.41) is 7.31. The quantitative estimate of drug-likeness (QED) is 0.707. The Morgan fingerprint density at radius 3 is 2.29 bits per heavy atom. The fraction of sp³-hybridized carbons (Fsp3) is 0.273. The fourth-order valence-electron chi connectivity index (χ4n) is 3.43. The number of amides is 1. The standard InChI is InChI=1S/C22H25FN4O/c1-15-21(16(2)27(4)25-15)24-20(28)14-26(3)22(17-8-6-5-7-9-17)18-10-12-19(23)13-11-18/h5-13,22H,14H2,1-4H3,(H,24,28). The smallest absolute Gasteiger partial charge is 0.238 e. The van der Waals surface area contributed by atoms with Crippen LogP contribution in [0.1, 0.15) is 28.6 Å². The number of aromatic nitrogens is 2. The molecule has 1 aromatic heterocycles. The minimum Gasteiger partial charge on any atom is -0.322 e. The monoisotopic (exact) mass is 380 g/mol. The second-order valence-electron chi connectivity index (χ2n) is 7.00. The number of hydrogen-bond acceptors (Lipinski definition) is 3. The van der Waals surface area contributed by atoms with E-state index in [1.54, 1.807) is 16.8 Å². The van der Waals surface area contributed by atoms with Gasteiger partial charge in [0.15, 0.2) is 0 Å². The van der Waals surface area contributed by atoms with E-state index in [2.05, 4.69) is 10.4 Å². The molecule has 5 nitrogen and oxygen atoms in total. The number of nitrogens with one attached hydrogen (secondary N) is 1. The first-order valence-corrected chi connectivity index (χ1v) is 9.17. The highest BCUT2D eigenvalue weighted by Crippen LogP contribution is 2.28. The van der Waals surface area contributed by atoms with Gasteiger partial charge in [-0.05, 0) is 44.2 Å². The number of aryl methyl sites for hydroxylation is 2. The molecule has 1 N–H and O–H groups in total. The molecule has 1 heterocycles. The molecule has 0 radical (unpaired) electrons. The summed E-state index contributed by atoms with van der Waals surface area (Å²) in [6, 6.07) is 16.1. The van der Waals surface area contributed by atoms with Gasteiger partial charge in [0.2, 0.25) is 5.91 Å². The van der Waals surface area contributed by atoms with Crippen molar-refractivity contribution >= 4 is 11.6 Å². The molecule has 1 unspecified atom stereocenters. The molecule has 0 aliphatic heterocycles. The van der Waals surface area contributed by atoms with Crippen molar-refractivity contribution in [3.05, 3.63) is 82.9 Å². The summed E-state index contributed by atoms with van der Waals surface area (Å²) >= 11 is 0. The highest BCUT2D eigenvalue weighted by Gasteiger charge is 2.22. The largest absolute Gasteiger partial charge is 0.322 e. The average molecular weight is 380 g/mol. The second kappa shape index (κ2) is 8.35. The summed E-state index contributed by atoms with van der Waals surface area (Å²) in [7, 11) is 3.74. The molecule has 0 spiro atoms. The Morgan fingerprint density at radius 2 is 1.71 bits per heavy atom. The Bertz CT molecular complexity index is 951. The topological polar surface area (TPSA) is 50.2 Å². The Kier molecular flexibility index (Phi) is 5.90. The molecule has 3 rings (SSSR count). The van der Waals surface area contributed by atoms with E-state index in [0.717, 1.165) is 28.2 Å². The van der Waals surface area contributed by atoms with Crippen LogP contribution in [-0.4, -0.2) is 34.2 Å². The van der Waals surface area contributed by atoms with Gasteiger partial charge in [-0.2, -0.15) is 5.10 Å². The number of nitrogens with zero attached hydrogens (tertiary/aromatic N) is 3. The first-order chi connectivity index (χ1) is 13.4. The number of benzene rings is 2. The van der Waals surface area contributed by atoms with Crippen molar-refractivity contribution < 1.29 is 9.18 Å². The molecular weight excluding hydrogens is 355 g/mol. The van der Waals surface area contributed by atoms with Crippen LogP contribution in [0, 0.1) is 19.7 Å². The Labute approximate surface area is 164 Å². The van der Waals surface area contributed by atoms with E-state index < -0.39 is 0 Å². The third-order valence-electron chi connectivity index (χ3n) is 4.91. The van der Waals surface area contributed by atoms with Crippen molar-refractivity contribution in [3.8, 4) is 0 Å². The number of carbonyl (C=O) groups is 1. The lowest BCUT2D eigenvalue weighted by molar-refractivity contribution is -0.117. The van der Waals surface area contributed by atoms with Crippen molar-refractivity contribution in [1.29, 1.82) is 0 Å². The number of halogens is 1. The van der Waals surface area contributed by atoms with Crippen LogP contribution in [0.15, 0.2) is 54.6 Å². The minimum absolute atomic E-state index is 0.121. The van der Waals surface area contributed by atoms with Crippen LogP contribution >= 0.6 is 0 Å². The lowest BCUT2D eigenvalue weighted by atomic mass is 9.97. The fourth-order valence-corrected chi connectivity index (χ4v) is 3.43. The predicted molar refractivity (Wildman–Crippen MR) is 109 cm³/mol. The number of carbonyl (C=O) groups excluding carboxylic acids is 1. The van der Waals surface area contributed by atoms with E-state index in [9.17, 15) is 9.18 Å².